The molecule has 1 saturated heterocycles. The van der Waals surface area contributed by atoms with E-state index in [1.165, 1.54) is 6.07 Å². The summed E-state index contributed by atoms with van der Waals surface area (Å²) in [5.41, 5.74) is 5.69. The van der Waals surface area contributed by atoms with Gasteiger partial charge < -0.3 is 15.4 Å². The van der Waals surface area contributed by atoms with E-state index in [4.69, 9.17) is 10.5 Å². The number of ether oxygens (including phenoxy) is 1. The van der Waals surface area contributed by atoms with Gasteiger partial charge in [-0.05, 0) is 11.6 Å². The summed E-state index contributed by atoms with van der Waals surface area (Å²) in [5.74, 6) is -1.55. The van der Waals surface area contributed by atoms with Crippen LogP contribution in [-0.4, -0.2) is 43.2 Å². The van der Waals surface area contributed by atoms with Gasteiger partial charge in [0.15, 0.2) is 0 Å². The molecule has 0 bridgehead atoms. The molecule has 19 heavy (non-hydrogen) atoms. The van der Waals surface area contributed by atoms with Gasteiger partial charge in [0.25, 0.3) is 0 Å². The minimum absolute atomic E-state index is 0.0800. The summed E-state index contributed by atoms with van der Waals surface area (Å²) in [6, 6.07) is 3.22. The maximum absolute atomic E-state index is 13.5. The molecule has 1 aromatic rings. The number of carbonyl (C=O) groups excluding carboxylic acids is 1. The van der Waals surface area contributed by atoms with Crippen LogP contribution in [-0.2, 0) is 16.0 Å². The first-order valence-electron chi connectivity index (χ1n) is 6.13. The zero-order chi connectivity index (χ0) is 13.8. The molecular formula is C13H16F2N2O2. The van der Waals surface area contributed by atoms with Crippen LogP contribution < -0.4 is 5.73 Å². The first-order valence-corrected chi connectivity index (χ1v) is 6.13. The van der Waals surface area contributed by atoms with Gasteiger partial charge in [-0.1, -0.05) is 6.07 Å². The monoisotopic (exact) mass is 270 g/mol. The van der Waals surface area contributed by atoms with Crippen molar-refractivity contribution in [2.24, 2.45) is 5.73 Å². The Labute approximate surface area is 110 Å². The van der Waals surface area contributed by atoms with Crippen LogP contribution in [0.25, 0.3) is 0 Å². The van der Waals surface area contributed by atoms with Crippen LogP contribution in [0, 0.1) is 11.6 Å². The second-order valence-corrected chi connectivity index (χ2v) is 4.48. The first kappa shape index (κ1) is 13.9. The summed E-state index contributed by atoms with van der Waals surface area (Å²) in [6.07, 6.45) is -0.251. The average Bonchev–Trinajstić information content (AvgIpc) is 2.42. The highest BCUT2D eigenvalue weighted by Crippen LogP contribution is 2.13. The van der Waals surface area contributed by atoms with Crippen molar-refractivity contribution in [1.82, 2.24) is 4.90 Å². The molecule has 0 aromatic heterocycles. The molecule has 104 valence electrons. The van der Waals surface area contributed by atoms with Gasteiger partial charge in [-0.15, -0.1) is 0 Å². The van der Waals surface area contributed by atoms with E-state index in [0.717, 1.165) is 12.1 Å². The highest BCUT2D eigenvalue weighted by molar-refractivity contribution is 5.79. The van der Waals surface area contributed by atoms with E-state index in [0.29, 0.717) is 26.2 Å². The maximum atomic E-state index is 13.5. The van der Waals surface area contributed by atoms with Crippen LogP contribution in [0.2, 0.25) is 0 Å². The van der Waals surface area contributed by atoms with Gasteiger partial charge in [-0.2, -0.15) is 0 Å². The van der Waals surface area contributed by atoms with Crippen molar-refractivity contribution in [1.29, 1.82) is 0 Å². The fourth-order valence-electron chi connectivity index (χ4n) is 2.03. The number of halogens is 2. The standard InChI is InChI=1S/C13H16F2N2O2/c14-10-2-1-9(12(15)6-10)5-13(18)17-3-4-19-11(7-16)8-17/h1-2,6,11H,3-5,7-8,16H2. The number of carbonyl (C=O) groups is 1. The number of hydrogen-bond donors (Lipinski definition) is 1. The summed E-state index contributed by atoms with van der Waals surface area (Å²) >= 11 is 0. The van der Waals surface area contributed by atoms with Crippen LogP contribution in [0.5, 0.6) is 0 Å². The number of morpholine rings is 1. The maximum Gasteiger partial charge on any atom is 0.227 e. The molecule has 1 aliphatic heterocycles. The predicted octanol–water partition coefficient (Wildman–Crippen LogP) is 0.693. The molecule has 0 spiro atoms. The molecule has 1 aromatic carbocycles. The quantitative estimate of drug-likeness (QED) is 0.879. The molecule has 1 aliphatic rings. The highest BCUT2D eigenvalue weighted by Gasteiger charge is 2.23. The molecule has 0 saturated carbocycles. The predicted molar refractivity (Wildman–Crippen MR) is 65.4 cm³/mol. The van der Waals surface area contributed by atoms with Crippen LogP contribution >= 0.6 is 0 Å². The van der Waals surface area contributed by atoms with Crippen molar-refractivity contribution in [2.45, 2.75) is 12.5 Å². The third kappa shape index (κ3) is 3.48. The number of rotatable bonds is 3. The number of nitrogens with two attached hydrogens (primary N) is 1. The van der Waals surface area contributed by atoms with Crippen molar-refractivity contribution < 1.29 is 18.3 Å². The van der Waals surface area contributed by atoms with Crippen LogP contribution in [0.1, 0.15) is 5.56 Å². The van der Waals surface area contributed by atoms with E-state index in [1.807, 2.05) is 0 Å². The third-order valence-corrected chi connectivity index (χ3v) is 3.11. The van der Waals surface area contributed by atoms with Crippen molar-refractivity contribution in [3.05, 3.63) is 35.4 Å². The van der Waals surface area contributed by atoms with Gasteiger partial charge in [-0.3, -0.25) is 4.79 Å². The average molecular weight is 270 g/mol. The smallest absolute Gasteiger partial charge is 0.227 e. The summed E-state index contributed by atoms with van der Waals surface area (Å²) < 4.78 is 31.6. The molecule has 1 amide bonds. The van der Waals surface area contributed by atoms with Gasteiger partial charge in [0.05, 0.1) is 19.1 Å². The second kappa shape index (κ2) is 6.08. The normalized spacial score (nSPS) is 19.5. The molecule has 2 rings (SSSR count). The van der Waals surface area contributed by atoms with E-state index >= 15 is 0 Å². The van der Waals surface area contributed by atoms with Gasteiger partial charge in [0.1, 0.15) is 11.6 Å². The van der Waals surface area contributed by atoms with Crippen LogP contribution in [0.3, 0.4) is 0 Å². The molecule has 0 aliphatic carbocycles. The van der Waals surface area contributed by atoms with Crippen molar-refractivity contribution >= 4 is 5.91 Å². The molecule has 1 heterocycles. The SMILES string of the molecule is NCC1CN(C(=O)Cc2ccc(F)cc2F)CCO1. The minimum atomic E-state index is -0.697. The number of amides is 1. The Bertz CT molecular complexity index is 468. The lowest BCUT2D eigenvalue weighted by molar-refractivity contribution is -0.137. The number of hydrogen-bond acceptors (Lipinski definition) is 3. The Hall–Kier alpha value is -1.53. The van der Waals surface area contributed by atoms with Crippen molar-refractivity contribution in [3.63, 3.8) is 0 Å². The van der Waals surface area contributed by atoms with Gasteiger partial charge in [0.2, 0.25) is 5.91 Å². The lowest BCUT2D eigenvalue weighted by Gasteiger charge is -2.32. The van der Waals surface area contributed by atoms with Crippen LogP contribution in [0.15, 0.2) is 18.2 Å². The molecule has 6 heteroatoms. The molecule has 1 atom stereocenters. The molecular weight excluding hydrogens is 254 g/mol. The van der Waals surface area contributed by atoms with E-state index in [1.54, 1.807) is 4.90 Å². The zero-order valence-electron chi connectivity index (χ0n) is 10.4. The summed E-state index contributed by atoms with van der Waals surface area (Å²) in [7, 11) is 0. The van der Waals surface area contributed by atoms with E-state index in [-0.39, 0.29) is 24.0 Å². The topological polar surface area (TPSA) is 55.6 Å². The van der Waals surface area contributed by atoms with Gasteiger partial charge in [-0.25, -0.2) is 8.78 Å². The molecule has 4 nitrogen and oxygen atoms in total. The highest BCUT2D eigenvalue weighted by atomic mass is 19.1. The molecule has 0 radical (unpaired) electrons. The zero-order valence-corrected chi connectivity index (χ0v) is 10.4. The fraction of sp³-hybridized carbons (Fsp3) is 0.462. The van der Waals surface area contributed by atoms with Crippen LogP contribution in [0.4, 0.5) is 8.78 Å². The Balaban J connectivity index is 2.00. The summed E-state index contributed by atoms with van der Waals surface area (Å²) in [5, 5.41) is 0. The third-order valence-electron chi connectivity index (χ3n) is 3.11. The Morgan fingerprint density at radius 2 is 2.26 bits per heavy atom. The first-order chi connectivity index (χ1) is 9.10. The van der Waals surface area contributed by atoms with Gasteiger partial charge in [0, 0.05) is 25.7 Å². The number of benzene rings is 1. The number of nitrogens with zero attached hydrogens (tertiary/aromatic N) is 1. The Morgan fingerprint density at radius 3 is 2.95 bits per heavy atom. The lowest BCUT2D eigenvalue weighted by Crippen LogP contribution is -2.48. The molecule has 2 N–H and O–H groups in total. The van der Waals surface area contributed by atoms with Crippen molar-refractivity contribution in [3.8, 4) is 0 Å². The molecule has 1 unspecified atom stereocenters. The molecule has 1 fully saturated rings. The van der Waals surface area contributed by atoms with Crippen molar-refractivity contribution in [2.75, 3.05) is 26.2 Å². The van der Waals surface area contributed by atoms with E-state index in [9.17, 15) is 13.6 Å². The second-order valence-electron chi connectivity index (χ2n) is 4.48. The summed E-state index contributed by atoms with van der Waals surface area (Å²) in [6.45, 7) is 1.66. The van der Waals surface area contributed by atoms with Gasteiger partial charge >= 0.3 is 0 Å². The Morgan fingerprint density at radius 1 is 1.47 bits per heavy atom. The summed E-state index contributed by atoms with van der Waals surface area (Å²) in [4.78, 5) is 13.6. The van der Waals surface area contributed by atoms with E-state index < -0.39 is 11.6 Å². The minimum Gasteiger partial charge on any atom is -0.373 e. The van der Waals surface area contributed by atoms with E-state index in [2.05, 4.69) is 0 Å². The fourth-order valence-corrected chi connectivity index (χ4v) is 2.03. The lowest BCUT2D eigenvalue weighted by atomic mass is 10.1. The largest absolute Gasteiger partial charge is 0.373 e. The Kier molecular flexibility index (Phi) is 4.44.